The van der Waals surface area contributed by atoms with E-state index in [1.54, 1.807) is 0 Å². The fraction of sp³-hybridized carbons (Fsp3) is 0.294. The van der Waals surface area contributed by atoms with Gasteiger partial charge >= 0.3 is 0 Å². The molecule has 0 aromatic heterocycles. The Morgan fingerprint density at radius 2 is 1.80 bits per heavy atom. The fourth-order valence-electron chi connectivity index (χ4n) is 2.40. The molecular formula is C17H18BrClO. The molecular weight excluding hydrogens is 336 g/mol. The Balaban J connectivity index is 2.43. The van der Waals surface area contributed by atoms with Crippen LogP contribution in [-0.4, -0.2) is 5.11 Å². The fourth-order valence-corrected chi connectivity index (χ4v) is 3.01. The number of benzene rings is 2. The average Bonchev–Trinajstić information content (AvgIpc) is 2.48. The molecule has 0 saturated carbocycles. The predicted molar refractivity (Wildman–Crippen MR) is 88.4 cm³/mol. The van der Waals surface area contributed by atoms with Crippen LogP contribution in [0.25, 0.3) is 0 Å². The molecule has 1 atom stereocenters. The molecule has 0 bridgehead atoms. The minimum atomic E-state index is -0.698. The molecule has 0 aliphatic rings. The molecule has 0 heterocycles. The van der Waals surface area contributed by atoms with Crippen molar-refractivity contribution in [2.45, 2.75) is 32.8 Å². The van der Waals surface area contributed by atoms with Crippen LogP contribution in [0.1, 0.15) is 42.2 Å². The molecule has 0 fully saturated rings. The summed E-state index contributed by atoms with van der Waals surface area (Å²) < 4.78 is 0.802. The maximum Gasteiger partial charge on any atom is 0.106 e. The SMILES string of the molecule is CCc1ccc(C(O)c2cccc(Br)c2Cl)cc1CC. The summed E-state index contributed by atoms with van der Waals surface area (Å²) in [5, 5.41) is 11.1. The zero-order valence-electron chi connectivity index (χ0n) is 11.7. The van der Waals surface area contributed by atoms with Crippen LogP contribution in [0.15, 0.2) is 40.9 Å². The van der Waals surface area contributed by atoms with Gasteiger partial charge in [-0.2, -0.15) is 0 Å². The highest BCUT2D eigenvalue weighted by molar-refractivity contribution is 9.10. The average molecular weight is 354 g/mol. The van der Waals surface area contributed by atoms with Crippen molar-refractivity contribution in [3.8, 4) is 0 Å². The number of hydrogen-bond acceptors (Lipinski definition) is 1. The molecule has 0 saturated heterocycles. The molecule has 106 valence electrons. The molecule has 0 amide bonds. The van der Waals surface area contributed by atoms with Crippen molar-refractivity contribution in [2.75, 3.05) is 0 Å². The van der Waals surface area contributed by atoms with Crippen molar-refractivity contribution < 1.29 is 5.11 Å². The Kier molecular flexibility index (Phi) is 5.25. The molecule has 2 aromatic rings. The lowest BCUT2D eigenvalue weighted by Crippen LogP contribution is -2.03. The van der Waals surface area contributed by atoms with Gasteiger partial charge in [-0.25, -0.2) is 0 Å². The second kappa shape index (κ2) is 6.75. The first-order valence-electron chi connectivity index (χ1n) is 6.82. The van der Waals surface area contributed by atoms with E-state index in [2.05, 4.69) is 41.9 Å². The number of halogens is 2. The van der Waals surface area contributed by atoms with Crippen LogP contribution in [0.4, 0.5) is 0 Å². The van der Waals surface area contributed by atoms with E-state index in [0.717, 1.165) is 28.4 Å². The summed E-state index contributed by atoms with van der Waals surface area (Å²) in [7, 11) is 0. The van der Waals surface area contributed by atoms with E-state index in [-0.39, 0.29) is 0 Å². The summed E-state index contributed by atoms with van der Waals surface area (Å²) in [6, 6.07) is 11.8. The quantitative estimate of drug-likeness (QED) is 0.790. The number of aliphatic hydroxyl groups is 1. The summed E-state index contributed by atoms with van der Waals surface area (Å²) in [5.74, 6) is 0. The van der Waals surface area contributed by atoms with E-state index in [1.807, 2.05) is 24.3 Å². The third kappa shape index (κ3) is 3.08. The van der Waals surface area contributed by atoms with Crippen LogP contribution in [0.2, 0.25) is 5.02 Å². The van der Waals surface area contributed by atoms with Crippen molar-refractivity contribution in [1.82, 2.24) is 0 Å². The van der Waals surface area contributed by atoms with Crippen LogP contribution in [0.3, 0.4) is 0 Å². The van der Waals surface area contributed by atoms with Gasteiger partial charge in [0.25, 0.3) is 0 Å². The van der Waals surface area contributed by atoms with E-state index in [0.29, 0.717) is 5.02 Å². The third-order valence-electron chi connectivity index (χ3n) is 3.58. The van der Waals surface area contributed by atoms with Crippen molar-refractivity contribution >= 4 is 27.5 Å². The van der Waals surface area contributed by atoms with Gasteiger partial charge in [0.15, 0.2) is 0 Å². The highest BCUT2D eigenvalue weighted by atomic mass is 79.9. The van der Waals surface area contributed by atoms with Crippen LogP contribution in [-0.2, 0) is 12.8 Å². The van der Waals surface area contributed by atoms with Crippen LogP contribution in [0, 0.1) is 0 Å². The molecule has 0 spiro atoms. The molecule has 0 radical (unpaired) electrons. The van der Waals surface area contributed by atoms with Crippen molar-refractivity contribution in [2.24, 2.45) is 0 Å². The van der Waals surface area contributed by atoms with Gasteiger partial charge in [0, 0.05) is 10.0 Å². The minimum absolute atomic E-state index is 0.567. The molecule has 1 nitrogen and oxygen atoms in total. The summed E-state index contributed by atoms with van der Waals surface area (Å²) in [6.07, 6.45) is 1.28. The maximum atomic E-state index is 10.6. The van der Waals surface area contributed by atoms with Crippen LogP contribution in [0.5, 0.6) is 0 Å². The maximum absolute atomic E-state index is 10.6. The highest BCUT2D eigenvalue weighted by Crippen LogP contribution is 2.33. The standard InChI is InChI=1S/C17H18BrClO/c1-3-11-8-9-13(10-12(11)4-2)17(20)14-6-5-7-15(18)16(14)19/h5-10,17,20H,3-4H2,1-2H3. The Bertz CT molecular complexity index is 610. The largest absolute Gasteiger partial charge is 0.384 e. The Labute approximate surface area is 133 Å². The van der Waals surface area contributed by atoms with E-state index in [1.165, 1.54) is 11.1 Å². The Morgan fingerprint density at radius 1 is 1.10 bits per heavy atom. The lowest BCUT2D eigenvalue weighted by Gasteiger charge is -2.16. The van der Waals surface area contributed by atoms with Crippen LogP contribution >= 0.6 is 27.5 Å². The van der Waals surface area contributed by atoms with Crippen molar-refractivity contribution in [1.29, 1.82) is 0 Å². The van der Waals surface area contributed by atoms with Crippen molar-refractivity contribution in [3.05, 3.63) is 68.1 Å². The first-order valence-corrected chi connectivity index (χ1v) is 7.99. The first kappa shape index (κ1) is 15.6. The molecule has 3 heteroatoms. The van der Waals surface area contributed by atoms with Gasteiger partial charge in [-0.15, -0.1) is 0 Å². The predicted octanol–water partition coefficient (Wildman–Crippen LogP) is 5.31. The summed E-state index contributed by atoms with van der Waals surface area (Å²) in [6.45, 7) is 4.28. The molecule has 2 rings (SSSR count). The molecule has 0 aliphatic carbocycles. The Morgan fingerprint density at radius 3 is 2.45 bits per heavy atom. The van der Waals surface area contributed by atoms with E-state index in [4.69, 9.17) is 11.6 Å². The Hall–Kier alpha value is -0.830. The minimum Gasteiger partial charge on any atom is -0.384 e. The summed E-state index contributed by atoms with van der Waals surface area (Å²) in [5.41, 5.74) is 4.24. The van der Waals surface area contributed by atoms with Gasteiger partial charge < -0.3 is 5.11 Å². The van der Waals surface area contributed by atoms with Gasteiger partial charge in [-0.1, -0.05) is 55.8 Å². The van der Waals surface area contributed by atoms with Crippen LogP contribution < -0.4 is 0 Å². The zero-order chi connectivity index (χ0) is 14.7. The van der Waals surface area contributed by atoms with E-state index >= 15 is 0 Å². The van der Waals surface area contributed by atoms with E-state index < -0.39 is 6.10 Å². The summed E-state index contributed by atoms with van der Waals surface area (Å²) >= 11 is 9.66. The first-order chi connectivity index (χ1) is 9.58. The lowest BCUT2D eigenvalue weighted by atomic mass is 9.95. The normalized spacial score (nSPS) is 12.4. The molecule has 20 heavy (non-hydrogen) atoms. The van der Waals surface area contributed by atoms with Gasteiger partial charge in [-0.05, 0) is 51.5 Å². The van der Waals surface area contributed by atoms with Gasteiger partial charge in [-0.3, -0.25) is 0 Å². The second-order valence-electron chi connectivity index (χ2n) is 4.78. The van der Waals surface area contributed by atoms with Gasteiger partial charge in [0.1, 0.15) is 6.10 Å². The van der Waals surface area contributed by atoms with Crippen molar-refractivity contribution in [3.63, 3.8) is 0 Å². The molecule has 1 unspecified atom stereocenters. The molecule has 0 aliphatic heterocycles. The third-order valence-corrected chi connectivity index (χ3v) is 4.89. The van der Waals surface area contributed by atoms with Gasteiger partial charge in [0.2, 0.25) is 0 Å². The second-order valence-corrected chi connectivity index (χ2v) is 6.01. The topological polar surface area (TPSA) is 20.2 Å². The highest BCUT2D eigenvalue weighted by Gasteiger charge is 2.16. The zero-order valence-corrected chi connectivity index (χ0v) is 14.0. The monoisotopic (exact) mass is 352 g/mol. The molecule has 1 N–H and O–H groups in total. The smallest absolute Gasteiger partial charge is 0.106 e. The number of aliphatic hydroxyl groups excluding tert-OH is 1. The van der Waals surface area contributed by atoms with Gasteiger partial charge in [0.05, 0.1) is 5.02 Å². The number of hydrogen-bond donors (Lipinski definition) is 1. The lowest BCUT2D eigenvalue weighted by molar-refractivity contribution is 0.220. The summed E-state index contributed by atoms with van der Waals surface area (Å²) in [4.78, 5) is 0. The molecule has 2 aromatic carbocycles. The van der Waals surface area contributed by atoms with E-state index in [9.17, 15) is 5.11 Å². The number of aryl methyl sites for hydroxylation is 2. The number of rotatable bonds is 4.